The third-order valence-electron chi connectivity index (χ3n) is 4.28. The fraction of sp³-hybridized carbons (Fsp3) is 0.474. The van der Waals surface area contributed by atoms with Crippen LogP contribution in [0.3, 0.4) is 0 Å². The van der Waals surface area contributed by atoms with Crippen molar-refractivity contribution in [2.75, 3.05) is 20.1 Å². The van der Waals surface area contributed by atoms with Gasteiger partial charge < -0.3 is 10.6 Å². The molecule has 1 saturated heterocycles. The largest absolute Gasteiger partial charge is 0.343 e. The smallest absolute Gasteiger partial charge is 0.224 e. The number of allylic oxidation sites excluding steroid dienone is 1. The number of amides is 1. The van der Waals surface area contributed by atoms with E-state index in [0.29, 0.717) is 0 Å². The van der Waals surface area contributed by atoms with E-state index >= 15 is 0 Å². The van der Waals surface area contributed by atoms with Gasteiger partial charge in [0.1, 0.15) is 5.82 Å². The lowest BCUT2D eigenvalue weighted by Crippen LogP contribution is -2.41. The lowest BCUT2D eigenvalue weighted by Gasteiger charge is -2.26. The number of hydrogen-bond acceptors (Lipinski definition) is 3. The van der Waals surface area contributed by atoms with E-state index in [1.807, 2.05) is 19.1 Å². The Morgan fingerprint density at radius 3 is 2.62 bits per heavy atom. The van der Waals surface area contributed by atoms with E-state index in [-0.39, 0.29) is 23.7 Å². The number of carbonyl (C=O) groups excluding carboxylic acids is 1. The molecule has 4 nitrogen and oxygen atoms in total. The predicted molar refractivity (Wildman–Crippen MR) is 95.7 cm³/mol. The van der Waals surface area contributed by atoms with Crippen LogP contribution in [0.1, 0.15) is 37.8 Å². The van der Waals surface area contributed by atoms with Crippen LogP contribution in [0.2, 0.25) is 0 Å². The van der Waals surface area contributed by atoms with Gasteiger partial charge in [-0.25, -0.2) is 4.39 Å². The lowest BCUT2D eigenvalue weighted by atomic mass is 9.95. The Hall–Kier alpha value is -2.01. The summed E-state index contributed by atoms with van der Waals surface area (Å²) in [5.41, 5.74) is 1.60. The SMILES string of the molecule is CC/C=C\C(=NC)C(NC(=O)C1CCNCC1)c1ccc(F)cc1. The first-order chi connectivity index (χ1) is 11.7. The summed E-state index contributed by atoms with van der Waals surface area (Å²) >= 11 is 0. The highest BCUT2D eigenvalue weighted by Gasteiger charge is 2.25. The van der Waals surface area contributed by atoms with Crippen LogP contribution in [0.25, 0.3) is 0 Å². The molecule has 1 atom stereocenters. The number of nitrogens with zero attached hydrogens (tertiary/aromatic N) is 1. The van der Waals surface area contributed by atoms with Crippen LogP contribution >= 0.6 is 0 Å². The molecule has 130 valence electrons. The van der Waals surface area contributed by atoms with Gasteiger partial charge in [0.2, 0.25) is 5.91 Å². The van der Waals surface area contributed by atoms with Gasteiger partial charge in [-0.2, -0.15) is 0 Å². The summed E-state index contributed by atoms with van der Waals surface area (Å²) in [7, 11) is 1.71. The molecule has 1 aliphatic rings. The van der Waals surface area contributed by atoms with Crippen molar-refractivity contribution in [3.05, 3.63) is 47.8 Å². The third kappa shape index (κ3) is 4.99. The number of hydrogen-bond donors (Lipinski definition) is 2. The minimum Gasteiger partial charge on any atom is -0.343 e. The molecule has 0 bridgehead atoms. The van der Waals surface area contributed by atoms with Crippen LogP contribution < -0.4 is 10.6 Å². The molecule has 1 aromatic carbocycles. The predicted octanol–water partition coefficient (Wildman–Crippen LogP) is 3.02. The first-order valence-electron chi connectivity index (χ1n) is 8.55. The van der Waals surface area contributed by atoms with Crippen LogP contribution in [0.5, 0.6) is 0 Å². The van der Waals surface area contributed by atoms with E-state index in [9.17, 15) is 9.18 Å². The van der Waals surface area contributed by atoms with E-state index < -0.39 is 0 Å². The number of aliphatic imine (C=N–C) groups is 1. The monoisotopic (exact) mass is 331 g/mol. The Morgan fingerprint density at radius 1 is 1.38 bits per heavy atom. The molecule has 1 aromatic rings. The minimum absolute atomic E-state index is 0.0162. The second-order valence-corrected chi connectivity index (χ2v) is 5.98. The van der Waals surface area contributed by atoms with Crippen molar-refractivity contribution in [3.8, 4) is 0 Å². The summed E-state index contributed by atoms with van der Waals surface area (Å²) < 4.78 is 13.3. The molecular weight excluding hydrogens is 305 g/mol. The van der Waals surface area contributed by atoms with Crippen LogP contribution in [0.4, 0.5) is 4.39 Å². The highest BCUT2D eigenvalue weighted by molar-refractivity contribution is 6.02. The number of nitrogens with one attached hydrogen (secondary N) is 2. The average molecular weight is 331 g/mol. The van der Waals surface area contributed by atoms with Gasteiger partial charge in [0, 0.05) is 13.0 Å². The van der Waals surface area contributed by atoms with E-state index in [1.54, 1.807) is 19.2 Å². The molecule has 0 radical (unpaired) electrons. The van der Waals surface area contributed by atoms with E-state index in [1.165, 1.54) is 12.1 Å². The zero-order valence-corrected chi connectivity index (χ0v) is 14.4. The number of benzene rings is 1. The number of rotatable bonds is 6. The Bertz CT molecular complexity index is 589. The zero-order valence-electron chi connectivity index (χ0n) is 14.4. The molecule has 0 aliphatic carbocycles. The topological polar surface area (TPSA) is 53.5 Å². The van der Waals surface area contributed by atoms with Gasteiger partial charge in [-0.05, 0) is 56.1 Å². The summed E-state index contributed by atoms with van der Waals surface area (Å²) in [5, 5.41) is 6.38. The number of halogens is 1. The fourth-order valence-corrected chi connectivity index (χ4v) is 2.87. The highest BCUT2D eigenvalue weighted by Crippen LogP contribution is 2.20. The standard InChI is InChI=1S/C19H26FN3O/c1-3-4-5-17(21-2)18(14-6-8-16(20)9-7-14)23-19(24)15-10-12-22-13-11-15/h4-9,15,18,22H,3,10-13H2,1-2H3,(H,23,24)/b5-4-,21-17?. The molecule has 1 unspecified atom stereocenters. The van der Waals surface area contributed by atoms with Crippen molar-refractivity contribution in [2.45, 2.75) is 32.2 Å². The summed E-state index contributed by atoms with van der Waals surface area (Å²) in [6.07, 6.45) is 6.50. The van der Waals surface area contributed by atoms with Crippen LogP contribution in [-0.2, 0) is 4.79 Å². The van der Waals surface area contributed by atoms with Gasteiger partial charge in [-0.1, -0.05) is 25.1 Å². The quantitative estimate of drug-likeness (QED) is 0.787. The normalized spacial score (nSPS) is 17.9. The van der Waals surface area contributed by atoms with Gasteiger partial charge in [-0.3, -0.25) is 9.79 Å². The number of carbonyl (C=O) groups is 1. The molecule has 2 N–H and O–H groups in total. The maximum Gasteiger partial charge on any atom is 0.224 e. The Labute approximate surface area is 143 Å². The highest BCUT2D eigenvalue weighted by atomic mass is 19.1. The van der Waals surface area contributed by atoms with E-state index in [4.69, 9.17) is 0 Å². The Kier molecular flexibility index (Phi) is 7.12. The number of piperidine rings is 1. The van der Waals surface area contributed by atoms with Gasteiger partial charge in [0.05, 0.1) is 11.8 Å². The average Bonchev–Trinajstić information content (AvgIpc) is 2.62. The van der Waals surface area contributed by atoms with Gasteiger partial charge in [-0.15, -0.1) is 0 Å². The lowest BCUT2D eigenvalue weighted by molar-refractivity contribution is -0.126. The second-order valence-electron chi connectivity index (χ2n) is 5.98. The third-order valence-corrected chi connectivity index (χ3v) is 4.28. The van der Waals surface area contributed by atoms with E-state index in [2.05, 4.69) is 15.6 Å². The summed E-state index contributed by atoms with van der Waals surface area (Å²) in [6.45, 7) is 3.78. The molecular formula is C19H26FN3O. The maximum atomic E-state index is 13.3. The second kappa shape index (κ2) is 9.33. The van der Waals surface area contributed by atoms with Crippen LogP contribution in [0, 0.1) is 11.7 Å². The molecule has 1 heterocycles. The molecule has 1 fully saturated rings. The summed E-state index contributed by atoms with van der Waals surface area (Å²) in [4.78, 5) is 17.0. The molecule has 1 amide bonds. The molecule has 24 heavy (non-hydrogen) atoms. The zero-order chi connectivity index (χ0) is 17.4. The van der Waals surface area contributed by atoms with Crippen LogP contribution in [0.15, 0.2) is 41.4 Å². The van der Waals surface area contributed by atoms with Gasteiger partial charge in [0.25, 0.3) is 0 Å². The van der Waals surface area contributed by atoms with Gasteiger partial charge in [0.15, 0.2) is 0 Å². The minimum atomic E-state index is -0.360. The van der Waals surface area contributed by atoms with Gasteiger partial charge >= 0.3 is 0 Å². The van der Waals surface area contributed by atoms with Crippen molar-refractivity contribution in [1.82, 2.24) is 10.6 Å². The first-order valence-corrected chi connectivity index (χ1v) is 8.55. The summed E-state index contributed by atoms with van der Waals surface area (Å²) in [5.74, 6) is -0.236. The Morgan fingerprint density at radius 2 is 2.04 bits per heavy atom. The molecule has 0 saturated carbocycles. The molecule has 0 aromatic heterocycles. The Balaban J connectivity index is 2.22. The molecule has 1 aliphatic heterocycles. The van der Waals surface area contributed by atoms with E-state index in [0.717, 1.165) is 43.6 Å². The molecule has 0 spiro atoms. The van der Waals surface area contributed by atoms with Crippen molar-refractivity contribution in [3.63, 3.8) is 0 Å². The molecule has 2 rings (SSSR count). The van der Waals surface area contributed by atoms with Crippen molar-refractivity contribution in [2.24, 2.45) is 10.9 Å². The molecule has 5 heteroatoms. The van der Waals surface area contributed by atoms with Crippen LogP contribution in [-0.4, -0.2) is 31.8 Å². The van der Waals surface area contributed by atoms with Crippen molar-refractivity contribution < 1.29 is 9.18 Å². The first kappa shape index (κ1) is 18.3. The van der Waals surface area contributed by atoms with Crippen molar-refractivity contribution in [1.29, 1.82) is 0 Å². The maximum absolute atomic E-state index is 13.3. The fourth-order valence-electron chi connectivity index (χ4n) is 2.87. The summed E-state index contributed by atoms with van der Waals surface area (Å²) in [6, 6.07) is 5.87. The van der Waals surface area contributed by atoms with Crippen molar-refractivity contribution >= 4 is 11.6 Å².